The average molecular weight is 264 g/mol. The lowest BCUT2D eigenvalue weighted by molar-refractivity contribution is 0.483. The van der Waals surface area contributed by atoms with E-state index >= 15 is 0 Å². The van der Waals surface area contributed by atoms with Crippen molar-refractivity contribution in [2.75, 3.05) is 0 Å². The number of benzene rings is 2. The molecule has 5 heteroatoms. The van der Waals surface area contributed by atoms with Crippen LogP contribution < -0.4 is 0 Å². The minimum absolute atomic E-state index is 0.0615. The van der Waals surface area contributed by atoms with Gasteiger partial charge in [0.1, 0.15) is 0 Å². The molecule has 0 saturated heterocycles. The van der Waals surface area contributed by atoms with Crippen LogP contribution in [0.15, 0.2) is 47.4 Å². The van der Waals surface area contributed by atoms with E-state index in [0.29, 0.717) is 0 Å². The molecule has 0 fully saturated rings. The van der Waals surface area contributed by atoms with Crippen LogP contribution in [-0.2, 0) is 10.1 Å². The van der Waals surface area contributed by atoms with Crippen LogP contribution in [-0.4, -0.2) is 13.0 Å². The summed E-state index contributed by atoms with van der Waals surface area (Å²) < 4.78 is 33.3. The molecule has 0 radical (unpaired) electrons. The summed E-state index contributed by atoms with van der Waals surface area (Å²) in [6.45, 7) is 0. The molecule has 17 heavy (non-hydrogen) atoms. The molecule has 0 aliphatic carbocycles. The molecular formula is C12H8O3S2. The lowest BCUT2D eigenvalue weighted by atomic mass is 10.1. The largest absolute Gasteiger partial charge is 0.294 e. The second kappa shape index (κ2) is 3.53. The fourth-order valence-corrected chi connectivity index (χ4v) is 3.46. The molecule has 1 aromatic heterocycles. The summed E-state index contributed by atoms with van der Waals surface area (Å²) in [4.78, 5) is -0.0615. The first-order valence-corrected chi connectivity index (χ1v) is 7.20. The van der Waals surface area contributed by atoms with Crippen molar-refractivity contribution in [1.29, 1.82) is 0 Å². The number of fused-ring (bicyclic) bond motifs is 3. The summed E-state index contributed by atoms with van der Waals surface area (Å²) in [6.07, 6.45) is 0. The van der Waals surface area contributed by atoms with Crippen LogP contribution in [0.5, 0.6) is 0 Å². The SMILES string of the molecule is O=S(=O)(O)c1ccc2sc3ccccc3c2c1. The second-order valence-corrected chi connectivity index (χ2v) is 6.24. The third kappa shape index (κ3) is 1.72. The molecular weight excluding hydrogens is 256 g/mol. The Morgan fingerprint density at radius 1 is 0.941 bits per heavy atom. The summed E-state index contributed by atoms with van der Waals surface area (Å²) in [5.74, 6) is 0. The fraction of sp³-hybridized carbons (Fsp3) is 0. The van der Waals surface area contributed by atoms with Crippen LogP contribution in [0.25, 0.3) is 20.2 Å². The van der Waals surface area contributed by atoms with Gasteiger partial charge in [0.15, 0.2) is 0 Å². The molecule has 3 aromatic rings. The van der Waals surface area contributed by atoms with E-state index in [0.717, 1.165) is 20.2 Å². The topological polar surface area (TPSA) is 54.4 Å². The highest BCUT2D eigenvalue weighted by Gasteiger charge is 2.12. The van der Waals surface area contributed by atoms with Gasteiger partial charge >= 0.3 is 0 Å². The average Bonchev–Trinajstić information content (AvgIpc) is 2.65. The zero-order valence-electron chi connectivity index (χ0n) is 8.62. The third-order valence-corrected chi connectivity index (χ3v) is 4.65. The van der Waals surface area contributed by atoms with E-state index in [1.54, 1.807) is 17.4 Å². The molecule has 1 N–H and O–H groups in total. The van der Waals surface area contributed by atoms with Gasteiger partial charge in [-0.1, -0.05) is 18.2 Å². The summed E-state index contributed by atoms with van der Waals surface area (Å²) >= 11 is 1.60. The molecule has 0 aliphatic rings. The van der Waals surface area contributed by atoms with Crippen LogP contribution in [0.3, 0.4) is 0 Å². The predicted molar refractivity (Wildman–Crippen MR) is 69.1 cm³/mol. The zero-order chi connectivity index (χ0) is 12.0. The Bertz CT molecular complexity index is 816. The highest BCUT2D eigenvalue weighted by Crippen LogP contribution is 2.34. The van der Waals surface area contributed by atoms with Gasteiger partial charge in [-0.05, 0) is 24.3 Å². The van der Waals surface area contributed by atoms with Crippen molar-refractivity contribution in [3.05, 3.63) is 42.5 Å². The van der Waals surface area contributed by atoms with Gasteiger partial charge in [-0.2, -0.15) is 8.42 Å². The van der Waals surface area contributed by atoms with Gasteiger partial charge in [-0.3, -0.25) is 4.55 Å². The van der Waals surface area contributed by atoms with Crippen LogP contribution in [0.4, 0.5) is 0 Å². The molecule has 3 nitrogen and oxygen atoms in total. The monoisotopic (exact) mass is 264 g/mol. The van der Waals surface area contributed by atoms with Gasteiger partial charge < -0.3 is 0 Å². The number of hydrogen-bond donors (Lipinski definition) is 1. The lowest BCUT2D eigenvalue weighted by Crippen LogP contribution is -1.96. The lowest BCUT2D eigenvalue weighted by Gasteiger charge is -1.97. The van der Waals surface area contributed by atoms with E-state index in [1.807, 2.05) is 24.3 Å². The van der Waals surface area contributed by atoms with Crippen LogP contribution in [0.1, 0.15) is 0 Å². The third-order valence-electron chi connectivity index (χ3n) is 2.65. The highest BCUT2D eigenvalue weighted by atomic mass is 32.2. The summed E-state index contributed by atoms with van der Waals surface area (Å²) in [7, 11) is -4.14. The van der Waals surface area contributed by atoms with Crippen molar-refractivity contribution in [2.45, 2.75) is 4.90 Å². The van der Waals surface area contributed by atoms with Crippen molar-refractivity contribution >= 4 is 41.6 Å². The summed E-state index contributed by atoms with van der Waals surface area (Å²) in [5.41, 5.74) is 0. The summed E-state index contributed by atoms with van der Waals surface area (Å²) in [5, 5.41) is 1.87. The quantitative estimate of drug-likeness (QED) is 0.686. The van der Waals surface area contributed by atoms with Gasteiger partial charge in [0.2, 0.25) is 0 Å². The van der Waals surface area contributed by atoms with Gasteiger partial charge in [-0.25, -0.2) is 0 Å². The Kier molecular flexibility index (Phi) is 2.22. The van der Waals surface area contributed by atoms with E-state index in [-0.39, 0.29) is 4.90 Å². The van der Waals surface area contributed by atoms with E-state index < -0.39 is 10.1 Å². The van der Waals surface area contributed by atoms with E-state index in [2.05, 4.69) is 0 Å². The van der Waals surface area contributed by atoms with Crippen molar-refractivity contribution in [1.82, 2.24) is 0 Å². The molecule has 3 rings (SSSR count). The molecule has 0 amide bonds. The predicted octanol–water partition coefficient (Wildman–Crippen LogP) is 3.30. The summed E-state index contributed by atoms with van der Waals surface area (Å²) in [6, 6.07) is 12.5. The molecule has 0 aliphatic heterocycles. The van der Waals surface area contributed by atoms with Gasteiger partial charge in [0, 0.05) is 20.2 Å². The second-order valence-electron chi connectivity index (χ2n) is 3.73. The highest BCUT2D eigenvalue weighted by molar-refractivity contribution is 7.85. The Balaban J connectivity index is 2.46. The van der Waals surface area contributed by atoms with Crippen molar-refractivity contribution < 1.29 is 13.0 Å². The van der Waals surface area contributed by atoms with E-state index in [4.69, 9.17) is 4.55 Å². The van der Waals surface area contributed by atoms with Crippen molar-refractivity contribution in [2.24, 2.45) is 0 Å². The molecule has 1 heterocycles. The fourth-order valence-electron chi connectivity index (χ4n) is 1.87. The zero-order valence-corrected chi connectivity index (χ0v) is 10.3. The Morgan fingerprint density at radius 3 is 2.41 bits per heavy atom. The molecule has 86 valence electrons. The van der Waals surface area contributed by atoms with Crippen LogP contribution in [0.2, 0.25) is 0 Å². The van der Waals surface area contributed by atoms with Gasteiger partial charge in [0.05, 0.1) is 4.90 Å². The molecule has 0 unspecified atom stereocenters. The Hall–Kier alpha value is -1.43. The van der Waals surface area contributed by atoms with Crippen LogP contribution in [0, 0.1) is 0 Å². The minimum Gasteiger partial charge on any atom is -0.282 e. The first-order valence-electron chi connectivity index (χ1n) is 4.94. The molecule has 0 saturated carbocycles. The Morgan fingerprint density at radius 2 is 1.65 bits per heavy atom. The molecule has 0 spiro atoms. The minimum atomic E-state index is -4.14. The maximum absolute atomic E-state index is 11.1. The first-order chi connectivity index (χ1) is 8.05. The number of thiophene rings is 1. The van der Waals surface area contributed by atoms with Crippen molar-refractivity contribution in [3.63, 3.8) is 0 Å². The molecule has 2 aromatic carbocycles. The normalized spacial score (nSPS) is 12.3. The Labute approximate surface area is 102 Å². The maximum atomic E-state index is 11.1. The van der Waals surface area contributed by atoms with Gasteiger partial charge in [-0.15, -0.1) is 11.3 Å². The number of hydrogen-bond acceptors (Lipinski definition) is 3. The molecule has 0 bridgehead atoms. The van der Waals surface area contributed by atoms with E-state index in [9.17, 15) is 8.42 Å². The standard InChI is InChI=1S/C12H8O3S2/c13-17(14,15)8-5-6-12-10(7-8)9-3-1-2-4-11(9)16-12/h1-7H,(H,13,14,15). The van der Waals surface area contributed by atoms with Crippen LogP contribution >= 0.6 is 11.3 Å². The maximum Gasteiger partial charge on any atom is 0.294 e. The number of rotatable bonds is 1. The van der Waals surface area contributed by atoms with Crippen molar-refractivity contribution in [3.8, 4) is 0 Å². The van der Waals surface area contributed by atoms with E-state index in [1.165, 1.54) is 12.1 Å². The first kappa shape index (κ1) is 10.7. The van der Waals surface area contributed by atoms with Gasteiger partial charge in [0.25, 0.3) is 10.1 Å². The smallest absolute Gasteiger partial charge is 0.282 e. The molecule has 0 atom stereocenters.